The predicted octanol–water partition coefficient (Wildman–Crippen LogP) is 9.44. The molecule has 2 unspecified atom stereocenters. The van der Waals surface area contributed by atoms with Crippen LogP contribution in [-0.4, -0.2) is 36.7 Å². The molecule has 0 aliphatic carbocycles. The van der Waals surface area contributed by atoms with Crippen molar-refractivity contribution < 1.29 is 19.4 Å². The van der Waals surface area contributed by atoms with Crippen molar-refractivity contribution in [2.45, 2.75) is 188 Å². The largest absolute Gasteiger partial charge is 0.465 e. The summed E-state index contributed by atoms with van der Waals surface area (Å²) in [6.07, 6.45) is 26.0. The Kier molecular flexibility index (Phi) is 26.6. The third-order valence-corrected chi connectivity index (χ3v) is 8.27. The van der Waals surface area contributed by atoms with E-state index in [1.54, 1.807) is 7.05 Å². The van der Waals surface area contributed by atoms with Gasteiger partial charge in [-0.1, -0.05) is 156 Å². The van der Waals surface area contributed by atoms with Crippen molar-refractivity contribution in [1.29, 1.82) is 0 Å². The number of aliphatic hydroxyl groups excluding tert-OH is 1. The molecule has 5 nitrogen and oxygen atoms in total. The molecular formula is C34H67NO4. The van der Waals surface area contributed by atoms with Crippen LogP contribution in [0.5, 0.6) is 0 Å². The van der Waals surface area contributed by atoms with E-state index in [1.807, 2.05) is 0 Å². The third kappa shape index (κ3) is 18.2. The lowest BCUT2D eigenvalue weighted by molar-refractivity contribution is -0.171. The van der Waals surface area contributed by atoms with Crippen molar-refractivity contribution in [3.8, 4) is 0 Å². The van der Waals surface area contributed by atoms with Gasteiger partial charge in [0.25, 0.3) is 0 Å². The molecule has 5 heteroatoms. The Balaban J connectivity index is 4.86. The van der Waals surface area contributed by atoms with Crippen LogP contribution >= 0.6 is 0 Å². The molecule has 0 saturated carbocycles. The number of aliphatic hydroxyl groups is 1. The van der Waals surface area contributed by atoms with Gasteiger partial charge in [-0.25, -0.2) is 0 Å². The SMILES string of the molecule is CCCCCCCCCCCCCC(=O)C(CCCCCCCCCC)(C(=O)OCCCCCC)C(O)NC. The number of rotatable bonds is 30. The highest BCUT2D eigenvalue weighted by Gasteiger charge is 2.51. The molecule has 0 heterocycles. The minimum Gasteiger partial charge on any atom is -0.465 e. The van der Waals surface area contributed by atoms with Gasteiger partial charge in [0.1, 0.15) is 6.23 Å². The summed E-state index contributed by atoms with van der Waals surface area (Å²) in [4.78, 5) is 27.1. The number of hydrogen-bond donors (Lipinski definition) is 2. The van der Waals surface area contributed by atoms with E-state index in [-0.39, 0.29) is 5.78 Å². The van der Waals surface area contributed by atoms with Gasteiger partial charge < -0.3 is 9.84 Å². The maximum Gasteiger partial charge on any atom is 0.323 e. The molecule has 39 heavy (non-hydrogen) atoms. The lowest BCUT2D eigenvalue weighted by Gasteiger charge is -2.34. The highest BCUT2D eigenvalue weighted by Crippen LogP contribution is 2.34. The lowest BCUT2D eigenvalue weighted by atomic mass is 9.74. The molecule has 0 aliphatic rings. The second-order valence-electron chi connectivity index (χ2n) is 11.8. The first-order valence-electron chi connectivity index (χ1n) is 17.1. The fourth-order valence-electron chi connectivity index (χ4n) is 5.54. The van der Waals surface area contributed by atoms with E-state index in [2.05, 4.69) is 26.1 Å². The van der Waals surface area contributed by atoms with Gasteiger partial charge in [-0.2, -0.15) is 0 Å². The zero-order chi connectivity index (χ0) is 29.0. The van der Waals surface area contributed by atoms with Gasteiger partial charge in [-0.15, -0.1) is 0 Å². The summed E-state index contributed by atoms with van der Waals surface area (Å²) in [5.74, 6) is -0.682. The number of esters is 1. The van der Waals surface area contributed by atoms with Gasteiger partial charge in [-0.05, 0) is 26.3 Å². The Morgan fingerprint density at radius 2 is 1.00 bits per heavy atom. The molecule has 232 valence electrons. The topological polar surface area (TPSA) is 75.6 Å². The van der Waals surface area contributed by atoms with E-state index in [0.717, 1.165) is 64.2 Å². The highest BCUT2D eigenvalue weighted by atomic mass is 16.5. The van der Waals surface area contributed by atoms with Crippen molar-refractivity contribution in [2.24, 2.45) is 5.41 Å². The lowest BCUT2D eigenvalue weighted by Crippen LogP contribution is -2.55. The fraction of sp³-hybridized carbons (Fsp3) is 0.941. The predicted molar refractivity (Wildman–Crippen MR) is 166 cm³/mol. The summed E-state index contributed by atoms with van der Waals surface area (Å²) in [6.45, 7) is 6.95. The normalized spacial score (nSPS) is 13.8. The van der Waals surface area contributed by atoms with Crippen molar-refractivity contribution in [2.75, 3.05) is 13.7 Å². The second-order valence-corrected chi connectivity index (χ2v) is 11.8. The average Bonchev–Trinajstić information content (AvgIpc) is 2.94. The maximum atomic E-state index is 13.6. The molecule has 0 spiro atoms. The standard InChI is InChI=1S/C34H67NO4/c1-5-8-11-14-16-18-19-20-21-23-25-28-31(36)34(32(37)35-4,33(38)39-30-27-13-10-7-3)29-26-24-22-17-15-12-9-6-2/h32,35,37H,5-30H2,1-4H3. The van der Waals surface area contributed by atoms with Crippen molar-refractivity contribution in [3.05, 3.63) is 0 Å². The maximum absolute atomic E-state index is 13.6. The third-order valence-electron chi connectivity index (χ3n) is 8.27. The Hall–Kier alpha value is -0.940. The van der Waals surface area contributed by atoms with Crippen LogP contribution in [0.25, 0.3) is 0 Å². The van der Waals surface area contributed by atoms with Crippen LogP contribution in [0.4, 0.5) is 0 Å². The number of carbonyl (C=O) groups excluding carboxylic acids is 2. The molecule has 2 atom stereocenters. The molecule has 0 aromatic rings. The van der Waals surface area contributed by atoms with Gasteiger partial charge in [0.2, 0.25) is 0 Å². The van der Waals surface area contributed by atoms with Crippen molar-refractivity contribution in [3.63, 3.8) is 0 Å². The zero-order valence-corrected chi connectivity index (χ0v) is 26.6. The van der Waals surface area contributed by atoms with Gasteiger partial charge in [0.15, 0.2) is 11.2 Å². The van der Waals surface area contributed by atoms with Crippen molar-refractivity contribution in [1.82, 2.24) is 5.32 Å². The van der Waals surface area contributed by atoms with Crippen LogP contribution in [0.3, 0.4) is 0 Å². The average molecular weight is 554 g/mol. The van der Waals surface area contributed by atoms with E-state index < -0.39 is 17.6 Å². The Labute approximate surface area is 243 Å². The Morgan fingerprint density at radius 3 is 1.44 bits per heavy atom. The minimum absolute atomic E-state index is 0.151. The minimum atomic E-state index is -1.50. The van der Waals surface area contributed by atoms with Crippen LogP contribution in [0, 0.1) is 5.41 Å². The zero-order valence-electron chi connectivity index (χ0n) is 26.6. The molecular weight excluding hydrogens is 486 g/mol. The van der Waals surface area contributed by atoms with E-state index in [0.29, 0.717) is 19.4 Å². The van der Waals surface area contributed by atoms with E-state index in [4.69, 9.17) is 4.74 Å². The summed E-state index contributed by atoms with van der Waals surface area (Å²) in [6, 6.07) is 0. The number of ketones is 1. The van der Waals surface area contributed by atoms with Crippen LogP contribution in [0.2, 0.25) is 0 Å². The summed E-state index contributed by atoms with van der Waals surface area (Å²) >= 11 is 0. The summed E-state index contributed by atoms with van der Waals surface area (Å²) in [7, 11) is 1.62. The van der Waals surface area contributed by atoms with Gasteiger partial charge in [-0.3, -0.25) is 14.9 Å². The van der Waals surface area contributed by atoms with Crippen LogP contribution in [0.1, 0.15) is 181 Å². The molecule has 0 aliphatic heterocycles. The molecule has 0 rings (SSSR count). The number of carbonyl (C=O) groups is 2. The summed E-state index contributed by atoms with van der Waals surface area (Å²) in [5, 5.41) is 13.8. The Bertz CT molecular complexity index is 567. The van der Waals surface area contributed by atoms with Gasteiger partial charge in [0.05, 0.1) is 6.61 Å². The molecule has 2 N–H and O–H groups in total. The first-order valence-corrected chi connectivity index (χ1v) is 17.1. The first-order chi connectivity index (χ1) is 19.0. The summed E-state index contributed by atoms with van der Waals surface area (Å²) < 4.78 is 5.67. The van der Waals surface area contributed by atoms with E-state index in [9.17, 15) is 14.7 Å². The molecule has 0 radical (unpaired) electrons. The number of unbranched alkanes of at least 4 members (excludes halogenated alkanes) is 20. The number of hydrogen-bond acceptors (Lipinski definition) is 5. The fourth-order valence-corrected chi connectivity index (χ4v) is 5.54. The molecule has 0 aromatic carbocycles. The number of Topliss-reactive ketones (excluding diaryl/α,β-unsaturated/α-hetero) is 1. The van der Waals surface area contributed by atoms with Crippen LogP contribution in [-0.2, 0) is 14.3 Å². The highest BCUT2D eigenvalue weighted by molar-refractivity contribution is 6.04. The molecule has 0 amide bonds. The monoisotopic (exact) mass is 554 g/mol. The molecule has 0 aromatic heterocycles. The molecule has 0 fully saturated rings. The van der Waals surface area contributed by atoms with Gasteiger partial charge in [0, 0.05) is 6.42 Å². The number of nitrogens with one attached hydrogen (secondary N) is 1. The molecule has 0 bridgehead atoms. The second kappa shape index (κ2) is 27.2. The van der Waals surface area contributed by atoms with Crippen molar-refractivity contribution >= 4 is 11.8 Å². The van der Waals surface area contributed by atoms with Crippen LogP contribution in [0.15, 0.2) is 0 Å². The van der Waals surface area contributed by atoms with E-state index >= 15 is 0 Å². The van der Waals surface area contributed by atoms with E-state index in [1.165, 1.54) is 83.5 Å². The molecule has 0 saturated heterocycles. The first kappa shape index (κ1) is 38.1. The Morgan fingerprint density at radius 1 is 0.615 bits per heavy atom. The quantitative estimate of drug-likeness (QED) is 0.0401. The number of ether oxygens (including phenoxy) is 1. The smallest absolute Gasteiger partial charge is 0.323 e. The summed E-state index contributed by atoms with van der Waals surface area (Å²) in [5.41, 5.74) is -1.50. The van der Waals surface area contributed by atoms with Crippen LogP contribution < -0.4 is 5.32 Å². The van der Waals surface area contributed by atoms with Gasteiger partial charge >= 0.3 is 5.97 Å².